The summed E-state index contributed by atoms with van der Waals surface area (Å²) in [5, 5.41) is 2.98. The third-order valence-electron chi connectivity index (χ3n) is 3.99. The summed E-state index contributed by atoms with van der Waals surface area (Å²) in [6.45, 7) is 5.36. The molecule has 1 unspecified atom stereocenters. The Balaban J connectivity index is 1.60. The number of hydrogen-bond donors (Lipinski definition) is 2. The summed E-state index contributed by atoms with van der Waals surface area (Å²) >= 11 is 0. The van der Waals surface area contributed by atoms with Crippen molar-refractivity contribution in [3.63, 3.8) is 0 Å². The van der Waals surface area contributed by atoms with Gasteiger partial charge in [0.1, 0.15) is 5.82 Å². The molecular formula is C16H21N3O2. The summed E-state index contributed by atoms with van der Waals surface area (Å²) in [7, 11) is 0. The summed E-state index contributed by atoms with van der Waals surface area (Å²) in [6.07, 6.45) is 2.46. The molecule has 3 rings (SSSR count). The molecule has 1 aliphatic heterocycles. The molecule has 0 radical (unpaired) electrons. The van der Waals surface area contributed by atoms with E-state index in [0.717, 1.165) is 41.9 Å². The lowest BCUT2D eigenvalue weighted by Crippen LogP contribution is -2.40. The quantitative estimate of drug-likeness (QED) is 0.905. The lowest BCUT2D eigenvalue weighted by Gasteiger charge is -2.23. The number of fused-ring (bicyclic) bond motifs is 1. The highest BCUT2D eigenvalue weighted by Crippen LogP contribution is 2.23. The molecule has 5 nitrogen and oxygen atoms in total. The predicted molar refractivity (Wildman–Crippen MR) is 81.1 cm³/mol. The Bertz CT molecular complexity index is 657. The third kappa shape index (κ3) is 3.24. The SMILES string of the molecule is Cc1nc2ccc(CC(=O)NCC3(C)CCCO3)cc2[nH]1. The molecule has 21 heavy (non-hydrogen) atoms. The van der Waals surface area contributed by atoms with Gasteiger partial charge in [0.05, 0.1) is 23.1 Å². The van der Waals surface area contributed by atoms with Crippen molar-refractivity contribution in [2.75, 3.05) is 13.2 Å². The van der Waals surface area contributed by atoms with Gasteiger partial charge in [-0.1, -0.05) is 6.07 Å². The lowest BCUT2D eigenvalue weighted by atomic mass is 10.0. The molecule has 2 aromatic rings. The second-order valence-electron chi connectivity index (χ2n) is 6.03. The summed E-state index contributed by atoms with van der Waals surface area (Å²) in [5.41, 5.74) is 2.70. The van der Waals surface area contributed by atoms with Crippen LogP contribution < -0.4 is 5.32 Å². The highest BCUT2D eigenvalue weighted by molar-refractivity contribution is 5.81. The number of ether oxygens (including phenoxy) is 1. The molecule has 5 heteroatoms. The van der Waals surface area contributed by atoms with E-state index in [0.29, 0.717) is 13.0 Å². The second kappa shape index (κ2) is 5.48. The van der Waals surface area contributed by atoms with Gasteiger partial charge in [0.15, 0.2) is 0 Å². The topological polar surface area (TPSA) is 67.0 Å². The minimum Gasteiger partial charge on any atom is -0.373 e. The second-order valence-corrected chi connectivity index (χ2v) is 6.03. The van der Waals surface area contributed by atoms with Crippen molar-refractivity contribution >= 4 is 16.9 Å². The van der Waals surface area contributed by atoms with Crippen LogP contribution in [0.2, 0.25) is 0 Å². The summed E-state index contributed by atoms with van der Waals surface area (Å²) in [4.78, 5) is 19.6. The molecule has 1 atom stereocenters. The molecule has 0 bridgehead atoms. The van der Waals surface area contributed by atoms with Crippen LogP contribution in [0.1, 0.15) is 31.2 Å². The number of carbonyl (C=O) groups excluding carboxylic acids is 1. The monoisotopic (exact) mass is 287 g/mol. The number of benzene rings is 1. The Kier molecular flexibility index (Phi) is 3.68. The zero-order valence-electron chi connectivity index (χ0n) is 12.5. The van der Waals surface area contributed by atoms with E-state index in [1.54, 1.807) is 0 Å². The summed E-state index contributed by atoms with van der Waals surface area (Å²) < 4.78 is 5.67. The molecule has 2 N–H and O–H groups in total. The van der Waals surface area contributed by atoms with E-state index in [1.807, 2.05) is 25.1 Å². The van der Waals surface area contributed by atoms with Crippen molar-refractivity contribution in [3.8, 4) is 0 Å². The van der Waals surface area contributed by atoms with Crippen LogP contribution in [0.3, 0.4) is 0 Å². The van der Waals surface area contributed by atoms with Gasteiger partial charge in [0, 0.05) is 13.2 Å². The largest absolute Gasteiger partial charge is 0.373 e. The third-order valence-corrected chi connectivity index (χ3v) is 3.99. The lowest BCUT2D eigenvalue weighted by molar-refractivity contribution is -0.121. The van der Waals surface area contributed by atoms with Gasteiger partial charge >= 0.3 is 0 Å². The maximum atomic E-state index is 12.1. The minimum atomic E-state index is -0.194. The number of nitrogens with one attached hydrogen (secondary N) is 2. The summed E-state index contributed by atoms with van der Waals surface area (Å²) in [5.74, 6) is 0.917. The normalized spacial score (nSPS) is 21.8. The zero-order chi connectivity index (χ0) is 14.9. The van der Waals surface area contributed by atoms with E-state index in [4.69, 9.17) is 4.74 Å². The van der Waals surface area contributed by atoms with E-state index < -0.39 is 0 Å². The maximum Gasteiger partial charge on any atom is 0.224 e. The fourth-order valence-electron chi connectivity index (χ4n) is 2.80. The van der Waals surface area contributed by atoms with Gasteiger partial charge in [0.25, 0.3) is 0 Å². The molecule has 1 aromatic heterocycles. The van der Waals surface area contributed by atoms with E-state index in [9.17, 15) is 4.79 Å². The van der Waals surface area contributed by atoms with Gasteiger partial charge in [-0.25, -0.2) is 4.98 Å². The number of carbonyl (C=O) groups is 1. The van der Waals surface area contributed by atoms with Crippen LogP contribution in [0, 0.1) is 6.92 Å². The Morgan fingerprint density at radius 3 is 3.14 bits per heavy atom. The average molecular weight is 287 g/mol. The molecule has 1 saturated heterocycles. The highest BCUT2D eigenvalue weighted by Gasteiger charge is 2.29. The molecule has 0 spiro atoms. The molecule has 1 aliphatic rings. The molecule has 1 amide bonds. The van der Waals surface area contributed by atoms with Crippen LogP contribution in [0.25, 0.3) is 11.0 Å². The van der Waals surface area contributed by atoms with E-state index in [1.165, 1.54) is 0 Å². The first kappa shape index (κ1) is 14.1. The zero-order valence-corrected chi connectivity index (χ0v) is 12.5. The molecule has 0 saturated carbocycles. The van der Waals surface area contributed by atoms with Crippen LogP contribution in [0.5, 0.6) is 0 Å². The standard InChI is InChI=1S/C16H21N3O2/c1-11-18-13-5-4-12(8-14(13)19-11)9-15(20)17-10-16(2)6-3-7-21-16/h4-5,8H,3,6-7,9-10H2,1-2H3,(H,17,20)(H,18,19). The molecular weight excluding hydrogens is 266 g/mol. The van der Waals surface area contributed by atoms with Crippen molar-refractivity contribution in [2.24, 2.45) is 0 Å². The van der Waals surface area contributed by atoms with Crippen LogP contribution in [0.4, 0.5) is 0 Å². The Morgan fingerprint density at radius 2 is 2.38 bits per heavy atom. The maximum absolute atomic E-state index is 12.1. The van der Waals surface area contributed by atoms with Crippen molar-refractivity contribution in [3.05, 3.63) is 29.6 Å². The summed E-state index contributed by atoms with van der Waals surface area (Å²) in [6, 6.07) is 5.89. The van der Waals surface area contributed by atoms with Crippen LogP contribution in [-0.4, -0.2) is 34.6 Å². The van der Waals surface area contributed by atoms with Crippen molar-refractivity contribution in [1.82, 2.24) is 15.3 Å². The Hall–Kier alpha value is -1.88. The van der Waals surface area contributed by atoms with Crippen LogP contribution in [-0.2, 0) is 16.0 Å². The predicted octanol–water partition coefficient (Wildman–Crippen LogP) is 2.10. The first-order valence-corrected chi connectivity index (χ1v) is 7.40. The van der Waals surface area contributed by atoms with Gasteiger partial charge in [-0.15, -0.1) is 0 Å². The van der Waals surface area contributed by atoms with Gasteiger partial charge in [-0.2, -0.15) is 0 Å². The number of imidazole rings is 1. The van der Waals surface area contributed by atoms with E-state index in [2.05, 4.69) is 22.2 Å². The minimum absolute atomic E-state index is 0.0299. The number of rotatable bonds is 4. The Labute approximate surface area is 124 Å². The molecule has 1 fully saturated rings. The number of aromatic amines is 1. The Morgan fingerprint density at radius 1 is 1.52 bits per heavy atom. The van der Waals surface area contributed by atoms with Crippen molar-refractivity contribution in [2.45, 2.75) is 38.7 Å². The molecule has 1 aromatic carbocycles. The van der Waals surface area contributed by atoms with Crippen LogP contribution in [0.15, 0.2) is 18.2 Å². The number of aryl methyl sites for hydroxylation is 1. The molecule has 112 valence electrons. The fourth-order valence-corrected chi connectivity index (χ4v) is 2.80. The first-order valence-electron chi connectivity index (χ1n) is 7.40. The van der Waals surface area contributed by atoms with Gasteiger partial charge in [0.2, 0.25) is 5.91 Å². The van der Waals surface area contributed by atoms with Crippen molar-refractivity contribution in [1.29, 1.82) is 0 Å². The number of H-pyrrole nitrogens is 1. The average Bonchev–Trinajstić information content (AvgIpc) is 3.02. The number of nitrogens with zero attached hydrogens (tertiary/aromatic N) is 1. The molecule has 0 aliphatic carbocycles. The highest BCUT2D eigenvalue weighted by atomic mass is 16.5. The van der Waals surface area contributed by atoms with E-state index >= 15 is 0 Å². The van der Waals surface area contributed by atoms with Crippen molar-refractivity contribution < 1.29 is 9.53 Å². The first-order chi connectivity index (χ1) is 10.0. The number of hydrogen-bond acceptors (Lipinski definition) is 3. The van der Waals surface area contributed by atoms with Crippen LogP contribution >= 0.6 is 0 Å². The van der Waals surface area contributed by atoms with E-state index in [-0.39, 0.29) is 11.5 Å². The number of aromatic nitrogens is 2. The smallest absolute Gasteiger partial charge is 0.224 e. The van der Waals surface area contributed by atoms with Gasteiger partial charge < -0.3 is 15.0 Å². The van der Waals surface area contributed by atoms with Gasteiger partial charge in [-0.3, -0.25) is 4.79 Å². The fraction of sp³-hybridized carbons (Fsp3) is 0.500. The van der Waals surface area contributed by atoms with Gasteiger partial charge in [-0.05, 0) is 44.4 Å². The number of amides is 1. The molecule has 2 heterocycles.